The number of benzene rings is 2. The third-order valence-electron chi connectivity index (χ3n) is 5.65. The second-order valence-corrected chi connectivity index (χ2v) is 8.18. The third-order valence-corrected chi connectivity index (χ3v) is 5.65. The molecule has 27 heavy (non-hydrogen) atoms. The number of carbonyl (C=O) groups excluding carboxylic acids is 1. The average Bonchev–Trinajstić information content (AvgIpc) is 2.65. The van der Waals surface area contributed by atoms with E-state index in [0.717, 1.165) is 30.1 Å². The van der Waals surface area contributed by atoms with Gasteiger partial charge in [-0.25, -0.2) is 0 Å². The Morgan fingerprint density at radius 2 is 1.93 bits per heavy atom. The van der Waals surface area contributed by atoms with Crippen molar-refractivity contribution in [1.29, 1.82) is 0 Å². The first-order valence-electron chi connectivity index (χ1n) is 10.1. The molecule has 2 atom stereocenters. The van der Waals surface area contributed by atoms with Crippen LogP contribution in [0.4, 0.5) is 5.69 Å². The monoisotopic (exact) mass is 364 g/mol. The summed E-state index contributed by atoms with van der Waals surface area (Å²) in [7, 11) is 0. The van der Waals surface area contributed by atoms with Gasteiger partial charge < -0.3 is 10.2 Å². The van der Waals surface area contributed by atoms with Gasteiger partial charge in [0.05, 0.1) is 12.5 Å². The van der Waals surface area contributed by atoms with E-state index in [1.807, 2.05) is 0 Å². The molecule has 144 valence electrons. The second kappa shape index (κ2) is 8.60. The molecular formula is C24H32N2O. The zero-order chi connectivity index (χ0) is 19.4. The molecule has 2 aromatic carbocycles. The highest BCUT2D eigenvalue weighted by Gasteiger charge is 2.17. The van der Waals surface area contributed by atoms with Crippen LogP contribution in [0.25, 0.3) is 0 Å². The van der Waals surface area contributed by atoms with E-state index in [0.29, 0.717) is 6.42 Å². The lowest BCUT2D eigenvalue weighted by Gasteiger charge is -2.33. The zero-order valence-electron chi connectivity index (χ0n) is 17.1. The Morgan fingerprint density at radius 1 is 1.19 bits per heavy atom. The number of nitrogens with zero attached hydrogens (tertiary/aromatic N) is 1. The lowest BCUT2D eigenvalue weighted by Crippen LogP contribution is -2.34. The van der Waals surface area contributed by atoms with Crippen LogP contribution in [0.1, 0.15) is 55.0 Å². The summed E-state index contributed by atoms with van der Waals surface area (Å²) < 4.78 is 0. The van der Waals surface area contributed by atoms with Crippen LogP contribution in [0.5, 0.6) is 0 Å². The van der Waals surface area contributed by atoms with E-state index in [1.54, 1.807) is 0 Å². The molecule has 0 saturated carbocycles. The molecule has 1 N–H and O–H groups in total. The molecule has 1 amide bonds. The van der Waals surface area contributed by atoms with Crippen molar-refractivity contribution < 1.29 is 4.79 Å². The molecular weight excluding hydrogens is 332 g/mol. The number of rotatable bonds is 5. The molecule has 0 aromatic heterocycles. The molecule has 2 unspecified atom stereocenters. The second-order valence-electron chi connectivity index (χ2n) is 8.18. The van der Waals surface area contributed by atoms with E-state index in [-0.39, 0.29) is 11.9 Å². The first-order valence-corrected chi connectivity index (χ1v) is 10.1. The molecule has 1 saturated heterocycles. The van der Waals surface area contributed by atoms with Crippen LogP contribution in [-0.2, 0) is 11.2 Å². The van der Waals surface area contributed by atoms with Gasteiger partial charge in [-0.15, -0.1) is 0 Å². The summed E-state index contributed by atoms with van der Waals surface area (Å²) in [5.41, 5.74) is 5.91. The predicted octanol–water partition coefficient (Wildman–Crippen LogP) is 4.96. The quantitative estimate of drug-likeness (QED) is 0.813. The molecule has 1 fully saturated rings. The van der Waals surface area contributed by atoms with Gasteiger partial charge >= 0.3 is 0 Å². The standard InChI is InChI=1S/C24H32N2O/c1-17-7-8-19(3)22(14-17)15-24(27)25-20(4)21-9-11-23(12-10-21)26-13-5-6-18(2)16-26/h7-12,14,18,20H,5-6,13,15-16H2,1-4H3,(H,25,27). The van der Waals surface area contributed by atoms with Crippen LogP contribution in [0, 0.1) is 19.8 Å². The molecule has 3 rings (SSSR count). The highest BCUT2D eigenvalue weighted by atomic mass is 16.1. The van der Waals surface area contributed by atoms with Gasteiger partial charge in [0.1, 0.15) is 0 Å². The van der Waals surface area contributed by atoms with Crippen molar-refractivity contribution in [2.75, 3.05) is 18.0 Å². The SMILES string of the molecule is Cc1ccc(C)c(CC(=O)NC(C)c2ccc(N3CCCC(C)C3)cc2)c1. The van der Waals surface area contributed by atoms with E-state index >= 15 is 0 Å². The van der Waals surface area contributed by atoms with Crippen LogP contribution in [0.15, 0.2) is 42.5 Å². The number of amides is 1. The fourth-order valence-corrected chi connectivity index (χ4v) is 3.94. The molecule has 0 radical (unpaired) electrons. The van der Waals surface area contributed by atoms with Gasteiger partial charge in [-0.3, -0.25) is 4.79 Å². The summed E-state index contributed by atoms with van der Waals surface area (Å²) in [6, 6.07) is 15.0. The Morgan fingerprint density at radius 3 is 2.63 bits per heavy atom. The first kappa shape index (κ1) is 19.5. The van der Waals surface area contributed by atoms with Gasteiger partial charge in [0.2, 0.25) is 5.91 Å². The Balaban J connectivity index is 1.59. The first-order chi connectivity index (χ1) is 12.9. The minimum atomic E-state index is 0.0111. The van der Waals surface area contributed by atoms with Gasteiger partial charge in [0, 0.05) is 18.8 Å². The Hall–Kier alpha value is -2.29. The average molecular weight is 365 g/mol. The molecule has 0 aliphatic carbocycles. The molecule has 3 heteroatoms. The van der Waals surface area contributed by atoms with Crippen LogP contribution in [-0.4, -0.2) is 19.0 Å². The topological polar surface area (TPSA) is 32.3 Å². The fraction of sp³-hybridized carbons (Fsp3) is 0.458. The number of anilines is 1. The van der Waals surface area contributed by atoms with Crippen molar-refractivity contribution in [2.45, 2.75) is 53.0 Å². The lowest BCUT2D eigenvalue weighted by molar-refractivity contribution is -0.121. The smallest absolute Gasteiger partial charge is 0.224 e. The summed E-state index contributed by atoms with van der Waals surface area (Å²) in [5, 5.41) is 3.14. The fourth-order valence-electron chi connectivity index (χ4n) is 3.94. The number of piperidine rings is 1. The van der Waals surface area contributed by atoms with Gasteiger partial charge in [0.25, 0.3) is 0 Å². The van der Waals surface area contributed by atoms with Crippen LogP contribution in [0.3, 0.4) is 0 Å². The minimum absolute atomic E-state index is 0.0111. The van der Waals surface area contributed by atoms with Crippen molar-refractivity contribution in [1.82, 2.24) is 5.32 Å². The Kier molecular flexibility index (Phi) is 6.20. The molecule has 1 aliphatic heterocycles. The molecule has 3 nitrogen and oxygen atoms in total. The van der Waals surface area contributed by atoms with Crippen molar-refractivity contribution in [3.8, 4) is 0 Å². The van der Waals surface area contributed by atoms with Gasteiger partial charge in [-0.05, 0) is 68.4 Å². The van der Waals surface area contributed by atoms with E-state index in [2.05, 4.69) is 80.4 Å². The van der Waals surface area contributed by atoms with Crippen molar-refractivity contribution in [3.63, 3.8) is 0 Å². The largest absolute Gasteiger partial charge is 0.371 e. The normalized spacial score (nSPS) is 18.2. The zero-order valence-corrected chi connectivity index (χ0v) is 17.1. The van der Waals surface area contributed by atoms with E-state index < -0.39 is 0 Å². The summed E-state index contributed by atoms with van der Waals surface area (Å²) in [6.45, 7) is 10.8. The molecule has 1 aliphatic rings. The number of nitrogens with one attached hydrogen (secondary N) is 1. The van der Waals surface area contributed by atoms with Crippen molar-refractivity contribution >= 4 is 11.6 Å². The van der Waals surface area contributed by atoms with Crippen LogP contribution in [0.2, 0.25) is 0 Å². The number of hydrogen-bond donors (Lipinski definition) is 1. The highest BCUT2D eigenvalue weighted by molar-refractivity contribution is 5.79. The molecule has 2 aromatic rings. The van der Waals surface area contributed by atoms with E-state index in [4.69, 9.17) is 0 Å². The number of carbonyl (C=O) groups is 1. The van der Waals surface area contributed by atoms with Crippen molar-refractivity contribution in [3.05, 3.63) is 64.7 Å². The van der Waals surface area contributed by atoms with Crippen molar-refractivity contribution in [2.24, 2.45) is 5.92 Å². The van der Waals surface area contributed by atoms with E-state index in [9.17, 15) is 4.79 Å². The summed E-state index contributed by atoms with van der Waals surface area (Å²) in [6.07, 6.45) is 3.04. The molecule has 0 bridgehead atoms. The van der Waals surface area contributed by atoms with Gasteiger partial charge in [-0.1, -0.05) is 42.8 Å². The summed E-state index contributed by atoms with van der Waals surface area (Å²) in [5.74, 6) is 0.840. The van der Waals surface area contributed by atoms with E-state index in [1.165, 1.54) is 29.7 Å². The van der Waals surface area contributed by atoms with Crippen LogP contribution >= 0.6 is 0 Å². The summed E-state index contributed by atoms with van der Waals surface area (Å²) in [4.78, 5) is 15.0. The highest BCUT2D eigenvalue weighted by Crippen LogP contribution is 2.24. The maximum atomic E-state index is 12.5. The maximum Gasteiger partial charge on any atom is 0.224 e. The maximum absolute atomic E-state index is 12.5. The van der Waals surface area contributed by atoms with Gasteiger partial charge in [0.15, 0.2) is 0 Å². The Labute approximate surface area is 163 Å². The number of hydrogen-bond acceptors (Lipinski definition) is 2. The minimum Gasteiger partial charge on any atom is -0.371 e. The molecule has 1 heterocycles. The lowest BCUT2D eigenvalue weighted by atomic mass is 9.99. The van der Waals surface area contributed by atoms with Gasteiger partial charge in [-0.2, -0.15) is 0 Å². The van der Waals surface area contributed by atoms with Crippen LogP contribution < -0.4 is 10.2 Å². The third kappa shape index (κ3) is 5.12. The number of aryl methyl sites for hydroxylation is 2. The summed E-state index contributed by atoms with van der Waals surface area (Å²) >= 11 is 0. The predicted molar refractivity (Wildman–Crippen MR) is 113 cm³/mol. The Bertz CT molecular complexity index is 781. The molecule has 0 spiro atoms.